The van der Waals surface area contributed by atoms with E-state index < -0.39 is 0 Å². The molecule has 158 valence electrons. The van der Waals surface area contributed by atoms with Crippen molar-refractivity contribution in [3.05, 3.63) is 64.1 Å². The van der Waals surface area contributed by atoms with E-state index in [0.717, 1.165) is 38.8 Å². The molecule has 2 fully saturated rings. The van der Waals surface area contributed by atoms with Gasteiger partial charge in [-0.3, -0.25) is 14.4 Å². The quantitative estimate of drug-likeness (QED) is 0.823. The zero-order chi connectivity index (χ0) is 20.9. The molecule has 2 saturated heterocycles. The Hall–Kier alpha value is -3.09. The number of hydrogen-bond acceptors (Lipinski definition) is 4. The van der Waals surface area contributed by atoms with E-state index in [4.69, 9.17) is 4.74 Å². The van der Waals surface area contributed by atoms with Crippen molar-refractivity contribution in [2.24, 2.45) is 5.92 Å². The van der Waals surface area contributed by atoms with Crippen molar-refractivity contribution < 1.29 is 14.3 Å². The Morgan fingerprint density at radius 1 is 0.967 bits per heavy atom. The van der Waals surface area contributed by atoms with Gasteiger partial charge < -0.3 is 19.5 Å². The Morgan fingerprint density at radius 2 is 1.73 bits per heavy atom. The third-order valence-electron chi connectivity index (χ3n) is 5.82. The first-order valence-electron chi connectivity index (χ1n) is 10.6. The highest BCUT2D eigenvalue weighted by Gasteiger charge is 2.26. The summed E-state index contributed by atoms with van der Waals surface area (Å²) < 4.78 is 6.07. The maximum absolute atomic E-state index is 12.8. The van der Waals surface area contributed by atoms with E-state index in [1.54, 1.807) is 6.07 Å². The Kier molecular flexibility index (Phi) is 6.16. The molecule has 1 atom stereocenters. The van der Waals surface area contributed by atoms with Crippen LogP contribution in [0, 0.1) is 5.92 Å². The second-order valence-corrected chi connectivity index (χ2v) is 8.01. The smallest absolute Gasteiger partial charge is 0.257 e. The van der Waals surface area contributed by atoms with E-state index in [-0.39, 0.29) is 23.3 Å². The highest BCUT2D eigenvalue weighted by molar-refractivity contribution is 5.97. The van der Waals surface area contributed by atoms with Crippen LogP contribution in [0.3, 0.4) is 0 Å². The summed E-state index contributed by atoms with van der Waals surface area (Å²) in [4.78, 5) is 43.0. The van der Waals surface area contributed by atoms with Crippen molar-refractivity contribution in [3.8, 4) is 5.75 Å². The Morgan fingerprint density at radius 3 is 2.50 bits per heavy atom. The molecule has 2 amide bonds. The molecule has 3 heterocycles. The van der Waals surface area contributed by atoms with Crippen LogP contribution in [-0.4, -0.2) is 59.4 Å². The number of benzene rings is 1. The van der Waals surface area contributed by atoms with Crippen LogP contribution in [0.5, 0.6) is 5.75 Å². The summed E-state index contributed by atoms with van der Waals surface area (Å²) in [6.07, 6.45) is 5.44. The number of nitrogens with one attached hydrogen (secondary N) is 1. The van der Waals surface area contributed by atoms with Gasteiger partial charge in [-0.1, -0.05) is 12.1 Å². The van der Waals surface area contributed by atoms with Crippen LogP contribution in [0.2, 0.25) is 0 Å². The Bertz CT molecular complexity index is 944. The van der Waals surface area contributed by atoms with E-state index in [1.807, 2.05) is 34.1 Å². The maximum Gasteiger partial charge on any atom is 0.257 e. The number of carbonyl (C=O) groups excluding carboxylic acids is 2. The number of amides is 2. The van der Waals surface area contributed by atoms with Gasteiger partial charge in [-0.25, -0.2) is 0 Å². The fourth-order valence-corrected chi connectivity index (χ4v) is 4.18. The predicted molar refractivity (Wildman–Crippen MR) is 113 cm³/mol. The molecule has 1 aromatic carbocycles. The average molecular weight is 409 g/mol. The molecular formula is C23H27N3O4. The molecule has 4 rings (SSSR count). The molecule has 0 aliphatic carbocycles. The van der Waals surface area contributed by atoms with Crippen molar-refractivity contribution in [1.29, 1.82) is 0 Å². The Balaban J connectivity index is 1.38. The lowest BCUT2D eigenvalue weighted by Gasteiger charge is -2.32. The molecule has 7 heteroatoms. The van der Waals surface area contributed by atoms with Crippen LogP contribution in [0.4, 0.5) is 0 Å². The van der Waals surface area contributed by atoms with E-state index in [1.165, 1.54) is 12.3 Å². The van der Waals surface area contributed by atoms with Crippen molar-refractivity contribution in [3.63, 3.8) is 0 Å². The first-order valence-corrected chi connectivity index (χ1v) is 10.6. The van der Waals surface area contributed by atoms with Crippen molar-refractivity contribution in [2.45, 2.75) is 25.7 Å². The Labute approximate surface area is 175 Å². The molecule has 1 aromatic heterocycles. The lowest BCUT2D eigenvalue weighted by molar-refractivity contribution is 0.0632. The second-order valence-electron chi connectivity index (χ2n) is 8.01. The summed E-state index contributed by atoms with van der Waals surface area (Å²) in [6, 6.07) is 10.3. The normalized spacial score (nSPS) is 19.0. The molecule has 7 nitrogen and oxygen atoms in total. The molecule has 0 radical (unpaired) electrons. The fraction of sp³-hybridized carbons (Fsp3) is 0.435. The SMILES string of the molecule is O=C(c1ccc(=O)[nH]c1)N1CCCC(COc2ccccc2C(=O)N2CCCC2)C1. The second kappa shape index (κ2) is 9.15. The third-order valence-corrected chi connectivity index (χ3v) is 5.82. The van der Waals surface area contributed by atoms with Gasteiger partial charge in [-0.2, -0.15) is 0 Å². The van der Waals surface area contributed by atoms with Gasteiger partial charge in [0.15, 0.2) is 0 Å². The number of hydrogen-bond donors (Lipinski definition) is 1. The fourth-order valence-electron chi connectivity index (χ4n) is 4.18. The number of nitrogens with zero attached hydrogens (tertiary/aromatic N) is 2. The molecule has 0 bridgehead atoms. The number of carbonyl (C=O) groups is 2. The lowest BCUT2D eigenvalue weighted by Crippen LogP contribution is -2.41. The number of piperidine rings is 1. The minimum absolute atomic E-state index is 0.0293. The first kappa shape index (κ1) is 20.2. The van der Waals surface area contributed by atoms with Gasteiger partial charge in [-0.05, 0) is 43.9 Å². The average Bonchev–Trinajstić information content (AvgIpc) is 3.33. The number of rotatable bonds is 5. The number of pyridine rings is 1. The number of likely N-dealkylation sites (tertiary alicyclic amines) is 2. The van der Waals surface area contributed by atoms with Crippen LogP contribution in [0.25, 0.3) is 0 Å². The third kappa shape index (κ3) is 4.56. The largest absolute Gasteiger partial charge is 0.492 e. The van der Waals surface area contributed by atoms with E-state index >= 15 is 0 Å². The van der Waals surface area contributed by atoms with Crippen LogP contribution < -0.4 is 10.3 Å². The predicted octanol–water partition coefficient (Wildman–Crippen LogP) is 2.54. The summed E-state index contributed by atoms with van der Waals surface area (Å²) in [6.45, 7) is 3.35. The molecule has 1 unspecified atom stereocenters. The lowest BCUT2D eigenvalue weighted by atomic mass is 9.98. The summed E-state index contributed by atoms with van der Waals surface area (Å²) in [5, 5.41) is 0. The molecule has 2 aromatic rings. The van der Waals surface area contributed by atoms with Crippen LogP contribution in [0.15, 0.2) is 47.4 Å². The standard InChI is InChI=1S/C23H27N3O4/c27-21-10-9-18(14-24-21)22(28)26-13-5-6-17(15-26)16-30-20-8-2-1-7-19(20)23(29)25-11-3-4-12-25/h1-2,7-10,14,17H,3-6,11-13,15-16H2,(H,24,27). The van der Waals surface area contributed by atoms with Gasteiger partial charge >= 0.3 is 0 Å². The first-order chi connectivity index (χ1) is 14.6. The van der Waals surface area contributed by atoms with Crippen molar-refractivity contribution in [1.82, 2.24) is 14.8 Å². The van der Waals surface area contributed by atoms with E-state index in [9.17, 15) is 14.4 Å². The number of H-pyrrole nitrogens is 1. The molecule has 1 N–H and O–H groups in total. The van der Waals surface area contributed by atoms with Gasteiger partial charge in [0.05, 0.1) is 17.7 Å². The van der Waals surface area contributed by atoms with Gasteiger partial charge in [-0.15, -0.1) is 0 Å². The summed E-state index contributed by atoms with van der Waals surface area (Å²) in [7, 11) is 0. The number of aromatic amines is 1. The molecule has 2 aliphatic heterocycles. The van der Waals surface area contributed by atoms with Crippen LogP contribution >= 0.6 is 0 Å². The van der Waals surface area contributed by atoms with E-state index in [0.29, 0.717) is 36.6 Å². The molecule has 30 heavy (non-hydrogen) atoms. The topological polar surface area (TPSA) is 82.7 Å². The van der Waals surface area contributed by atoms with Crippen LogP contribution in [-0.2, 0) is 0 Å². The monoisotopic (exact) mass is 409 g/mol. The van der Waals surface area contributed by atoms with Gasteiger partial charge in [0.25, 0.3) is 11.8 Å². The number of aromatic nitrogens is 1. The number of para-hydroxylation sites is 1. The van der Waals surface area contributed by atoms with Gasteiger partial charge in [0, 0.05) is 44.4 Å². The molecule has 0 saturated carbocycles. The highest BCUT2D eigenvalue weighted by atomic mass is 16.5. The van der Waals surface area contributed by atoms with Crippen LogP contribution in [0.1, 0.15) is 46.4 Å². The van der Waals surface area contributed by atoms with Crippen molar-refractivity contribution >= 4 is 11.8 Å². The molecule has 0 spiro atoms. The minimum atomic E-state index is -0.224. The molecule has 2 aliphatic rings. The summed E-state index contributed by atoms with van der Waals surface area (Å²) in [5.41, 5.74) is 0.868. The van der Waals surface area contributed by atoms with Gasteiger partial charge in [0.2, 0.25) is 5.56 Å². The number of ether oxygens (including phenoxy) is 1. The summed E-state index contributed by atoms with van der Waals surface area (Å²) in [5.74, 6) is 0.751. The minimum Gasteiger partial charge on any atom is -0.492 e. The summed E-state index contributed by atoms with van der Waals surface area (Å²) >= 11 is 0. The highest BCUT2D eigenvalue weighted by Crippen LogP contribution is 2.25. The maximum atomic E-state index is 12.8. The molecular weight excluding hydrogens is 382 g/mol. The van der Waals surface area contributed by atoms with Crippen molar-refractivity contribution in [2.75, 3.05) is 32.8 Å². The zero-order valence-electron chi connectivity index (χ0n) is 17.0. The van der Waals surface area contributed by atoms with Gasteiger partial charge in [0.1, 0.15) is 5.75 Å². The van der Waals surface area contributed by atoms with E-state index in [2.05, 4.69) is 4.98 Å². The zero-order valence-corrected chi connectivity index (χ0v) is 17.0.